The van der Waals surface area contributed by atoms with E-state index in [0.29, 0.717) is 6.54 Å². The van der Waals surface area contributed by atoms with Crippen molar-refractivity contribution in [3.63, 3.8) is 0 Å². The van der Waals surface area contributed by atoms with Crippen molar-refractivity contribution in [1.29, 1.82) is 0 Å². The number of nitrogens with zero attached hydrogens (tertiary/aromatic N) is 2. The SMILES string of the molecule is CN=C(NCc1ccsc1)NC1CCN(Cc2ccc(C(F)(F)F)cc2)C1.I. The zero-order valence-electron chi connectivity index (χ0n) is 15.5. The molecule has 1 aliphatic rings. The van der Waals surface area contributed by atoms with Crippen LogP contribution in [0.3, 0.4) is 0 Å². The highest BCUT2D eigenvalue weighted by atomic mass is 127. The summed E-state index contributed by atoms with van der Waals surface area (Å²) in [6.45, 7) is 3.11. The lowest BCUT2D eigenvalue weighted by Gasteiger charge is -2.19. The van der Waals surface area contributed by atoms with Gasteiger partial charge < -0.3 is 10.6 Å². The second kappa shape index (κ2) is 10.4. The van der Waals surface area contributed by atoms with Crippen LogP contribution in [0.25, 0.3) is 0 Å². The van der Waals surface area contributed by atoms with Gasteiger partial charge in [0.05, 0.1) is 5.56 Å². The highest BCUT2D eigenvalue weighted by Gasteiger charge is 2.30. The zero-order valence-corrected chi connectivity index (χ0v) is 18.6. The van der Waals surface area contributed by atoms with Crippen LogP contribution in [-0.4, -0.2) is 37.0 Å². The molecule has 2 heterocycles. The van der Waals surface area contributed by atoms with Crippen LogP contribution in [0, 0.1) is 0 Å². The molecule has 4 nitrogen and oxygen atoms in total. The van der Waals surface area contributed by atoms with Crippen LogP contribution >= 0.6 is 35.3 Å². The first-order valence-corrected chi connectivity index (χ1v) is 9.75. The average Bonchev–Trinajstić information content (AvgIpc) is 3.30. The van der Waals surface area contributed by atoms with Gasteiger partial charge in [0.2, 0.25) is 0 Å². The number of benzene rings is 1. The monoisotopic (exact) mass is 524 g/mol. The van der Waals surface area contributed by atoms with Crippen LogP contribution in [0.4, 0.5) is 13.2 Å². The van der Waals surface area contributed by atoms with Gasteiger partial charge in [-0.2, -0.15) is 24.5 Å². The van der Waals surface area contributed by atoms with Crippen LogP contribution in [0.1, 0.15) is 23.1 Å². The van der Waals surface area contributed by atoms with E-state index < -0.39 is 11.7 Å². The Morgan fingerprint density at radius 3 is 2.57 bits per heavy atom. The van der Waals surface area contributed by atoms with Crippen molar-refractivity contribution < 1.29 is 13.2 Å². The molecule has 1 saturated heterocycles. The molecule has 0 aliphatic carbocycles. The van der Waals surface area contributed by atoms with E-state index in [4.69, 9.17) is 0 Å². The summed E-state index contributed by atoms with van der Waals surface area (Å²) in [5.74, 6) is 0.766. The first-order chi connectivity index (χ1) is 12.9. The first kappa shape index (κ1) is 23.0. The molecule has 1 aromatic carbocycles. The molecule has 1 fully saturated rings. The van der Waals surface area contributed by atoms with Gasteiger partial charge in [-0.3, -0.25) is 9.89 Å². The van der Waals surface area contributed by atoms with Crippen molar-refractivity contribution in [3.8, 4) is 0 Å². The minimum absolute atomic E-state index is 0. The Labute approximate surface area is 184 Å². The van der Waals surface area contributed by atoms with E-state index in [-0.39, 0.29) is 30.0 Å². The number of alkyl halides is 3. The van der Waals surface area contributed by atoms with Crippen molar-refractivity contribution in [1.82, 2.24) is 15.5 Å². The highest BCUT2D eigenvalue weighted by Crippen LogP contribution is 2.29. The van der Waals surface area contributed by atoms with Crippen molar-refractivity contribution in [3.05, 3.63) is 57.8 Å². The summed E-state index contributed by atoms with van der Waals surface area (Å²) in [5.41, 5.74) is 1.51. The van der Waals surface area contributed by atoms with Crippen LogP contribution in [0.2, 0.25) is 0 Å². The highest BCUT2D eigenvalue weighted by molar-refractivity contribution is 14.0. The van der Waals surface area contributed by atoms with Crippen LogP contribution in [-0.2, 0) is 19.3 Å². The van der Waals surface area contributed by atoms with Gasteiger partial charge >= 0.3 is 6.18 Å². The lowest BCUT2D eigenvalue weighted by atomic mass is 10.1. The van der Waals surface area contributed by atoms with E-state index in [9.17, 15) is 13.2 Å². The maximum atomic E-state index is 12.6. The molecule has 0 bridgehead atoms. The molecule has 2 aromatic rings. The van der Waals surface area contributed by atoms with Gasteiger partial charge in [0.1, 0.15) is 0 Å². The molecule has 154 valence electrons. The lowest BCUT2D eigenvalue weighted by Crippen LogP contribution is -2.44. The van der Waals surface area contributed by atoms with Crippen LogP contribution < -0.4 is 10.6 Å². The average molecular weight is 524 g/mol. The molecule has 0 spiro atoms. The smallest absolute Gasteiger partial charge is 0.352 e. The van der Waals surface area contributed by atoms with Gasteiger partial charge in [0, 0.05) is 39.3 Å². The Bertz CT molecular complexity index is 748. The van der Waals surface area contributed by atoms with Crippen molar-refractivity contribution in [2.24, 2.45) is 4.99 Å². The second-order valence-electron chi connectivity index (χ2n) is 6.62. The topological polar surface area (TPSA) is 39.7 Å². The molecule has 0 saturated carbocycles. The lowest BCUT2D eigenvalue weighted by molar-refractivity contribution is -0.137. The fourth-order valence-electron chi connectivity index (χ4n) is 3.12. The van der Waals surface area contributed by atoms with Gasteiger partial charge in [-0.1, -0.05) is 12.1 Å². The molecule has 0 amide bonds. The number of nitrogens with one attached hydrogen (secondary N) is 2. The van der Waals surface area contributed by atoms with Crippen LogP contribution in [0.5, 0.6) is 0 Å². The van der Waals surface area contributed by atoms with Gasteiger partial charge in [0.15, 0.2) is 5.96 Å². The van der Waals surface area contributed by atoms with Gasteiger partial charge in [0.25, 0.3) is 0 Å². The second-order valence-corrected chi connectivity index (χ2v) is 7.40. The van der Waals surface area contributed by atoms with E-state index in [1.165, 1.54) is 5.56 Å². The Morgan fingerprint density at radius 1 is 1.21 bits per heavy atom. The van der Waals surface area contributed by atoms with Gasteiger partial charge in [-0.05, 0) is 46.5 Å². The molecule has 3 rings (SSSR count). The fraction of sp³-hybridized carbons (Fsp3) is 0.421. The van der Waals surface area contributed by atoms with E-state index in [0.717, 1.165) is 49.7 Å². The number of thiophene rings is 1. The summed E-state index contributed by atoms with van der Waals surface area (Å²) in [6.07, 6.45) is -3.31. The molecule has 1 atom stereocenters. The molecule has 28 heavy (non-hydrogen) atoms. The molecular formula is C19H24F3IN4S. The summed E-state index contributed by atoms with van der Waals surface area (Å²) in [7, 11) is 1.75. The number of hydrogen-bond donors (Lipinski definition) is 2. The molecule has 0 radical (unpaired) electrons. The Hall–Kier alpha value is -1.33. The third-order valence-corrected chi connectivity index (χ3v) is 5.30. The van der Waals surface area contributed by atoms with Crippen molar-refractivity contribution in [2.75, 3.05) is 20.1 Å². The Balaban J connectivity index is 0.00000280. The summed E-state index contributed by atoms with van der Waals surface area (Å²) in [4.78, 5) is 6.51. The van der Waals surface area contributed by atoms with E-state index >= 15 is 0 Å². The van der Waals surface area contributed by atoms with E-state index in [1.54, 1.807) is 30.5 Å². The summed E-state index contributed by atoms with van der Waals surface area (Å²) in [5, 5.41) is 10.9. The normalized spacial score (nSPS) is 18.0. The van der Waals surface area contributed by atoms with Crippen molar-refractivity contribution in [2.45, 2.75) is 31.7 Å². The van der Waals surface area contributed by atoms with E-state index in [2.05, 4.69) is 32.0 Å². The number of hydrogen-bond acceptors (Lipinski definition) is 3. The summed E-state index contributed by atoms with van der Waals surface area (Å²) >= 11 is 1.67. The molecule has 2 N–H and O–H groups in total. The maximum absolute atomic E-state index is 12.6. The predicted molar refractivity (Wildman–Crippen MR) is 118 cm³/mol. The molecular weight excluding hydrogens is 500 g/mol. The van der Waals surface area contributed by atoms with Gasteiger partial charge in [-0.15, -0.1) is 24.0 Å². The summed E-state index contributed by atoms with van der Waals surface area (Å²) in [6, 6.07) is 7.77. The first-order valence-electron chi connectivity index (χ1n) is 8.81. The summed E-state index contributed by atoms with van der Waals surface area (Å²) < 4.78 is 37.9. The molecule has 1 unspecified atom stereocenters. The minimum atomic E-state index is -4.28. The standard InChI is InChI=1S/C19H23F3N4S.HI/c1-23-18(24-10-15-7-9-27-13-15)25-17-6-8-26(12-17)11-14-2-4-16(5-3-14)19(20,21)22;/h2-5,7,9,13,17H,6,8,10-12H2,1H3,(H2,23,24,25);1H. The predicted octanol–water partition coefficient (Wildman–Crippen LogP) is 4.32. The molecule has 9 heteroatoms. The van der Waals surface area contributed by atoms with Gasteiger partial charge in [-0.25, -0.2) is 0 Å². The van der Waals surface area contributed by atoms with E-state index in [1.807, 2.05) is 5.38 Å². The Morgan fingerprint density at radius 2 is 1.96 bits per heavy atom. The maximum Gasteiger partial charge on any atom is 0.416 e. The fourth-order valence-corrected chi connectivity index (χ4v) is 3.79. The largest absolute Gasteiger partial charge is 0.416 e. The van der Waals surface area contributed by atoms with Crippen molar-refractivity contribution >= 4 is 41.3 Å². The number of rotatable bonds is 5. The Kier molecular flexibility index (Phi) is 8.56. The van der Waals surface area contributed by atoms with Crippen LogP contribution in [0.15, 0.2) is 46.1 Å². The number of guanidine groups is 1. The third-order valence-electron chi connectivity index (χ3n) is 4.56. The minimum Gasteiger partial charge on any atom is -0.352 e. The zero-order chi connectivity index (χ0) is 19.3. The molecule has 1 aromatic heterocycles. The third kappa shape index (κ3) is 6.63. The number of aliphatic imine (C=N–C) groups is 1. The number of halogens is 4. The molecule has 1 aliphatic heterocycles. The number of likely N-dealkylation sites (tertiary alicyclic amines) is 1. The quantitative estimate of drug-likeness (QED) is 0.348.